The second-order valence-corrected chi connectivity index (χ2v) is 8.18. The number of rotatable bonds is 8. The van der Waals surface area contributed by atoms with E-state index in [1.807, 2.05) is 24.3 Å². The fraction of sp³-hybridized carbons (Fsp3) is 0.318. The molecule has 1 saturated heterocycles. The zero-order valence-corrected chi connectivity index (χ0v) is 18.2. The van der Waals surface area contributed by atoms with Gasteiger partial charge in [-0.1, -0.05) is 23.5 Å². The van der Waals surface area contributed by atoms with Crippen LogP contribution < -0.4 is 25.0 Å². The van der Waals surface area contributed by atoms with Crippen LogP contribution in [0.1, 0.15) is 6.42 Å². The average Bonchev–Trinajstić information content (AvgIpc) is 3.39. The molecule has 1 unspecified atom stereocenters. The molecule has 31 heavy (non-hydrogen) atoms. The van der Waals surface area contributed by atoms with Gasteiger partial charge in [0.15, 0.2) is 5.13 Å². The highest BCUT2D eigenvalue weighted by atomic mass is 32.1. The molecule has 2 N–H and O–H groups in total. The Balaban J connectivity index is 1.31. The van der Waals surface area contributed by atoms with Gasteiger partial charge in [-0.2, -0.15) is 0 Å². The first-order chi connectivity index (χ1) is 15.1. The number of fused-ring (bicyclic) bond motifs is 1. The molecule has 1 aliphatic rings. The maximum absolute atomic E-state index is 12.6. The molecule has 4 rings (SSSR count). The Labute approximate surface area is 184 Å². The lowest BCUT2D eigenvalue weighted by Gasteiger charge is -2.20. The molecule has 1 aromatic heterocycles. The van der Waals surface area contributed by atoms with E-state index in [2.05, 4.69) is 15.6 Å². The molecule has 2 aromatic carbocycles. The van der Waals surface area contributed by atoms with Crippen LogP contribution >= 0.6 is 11.3 Å². The van der Waals surface area contributed by atoms with Crippen molar-refractivity contribution in [3.63, 3.8) is 0 Å². The number of hydrogen-bond donors (Lipinski definition) is 2. The largest absolute Gasteiger partial charge is 0.497 e. The second-order valence-electron chi connectivity index (χ2n) is 7.15. The van der Waals surface area contributed by atoms with Crippen LogP contribution in [0, 0.1) is 5.92 Å². The summed E-state index contributed by atoms with van der Waals surface area (Å²) in [6, 6.07) is 13.2. The van der Waals surface area contributed by atoms with Gasteiger partial charge in [0, 0.05) is 32.1 Å². The Bertz CT molecular complexity index is 1070. The van der Waals surface area contributed by atoms with Crippen molar-refractivity contribution in [2.45, 2.75) is 6.42 Å². The number of aromatic nitrogens is 1. The number of ether oxygens (including phenoxy) is 2. The summed E-state index contributed by atoms with van der Waals surface area (Å²) in [4.78, 5) is 31.3. The molecule has 0 radical (unpaired) electrons. The number of benzene rings is 2. The smallest absolute Gasteiger partial charge is 0.227 e. The SMILES string of the molecule is COc1ccc(OC)c(N2CC(C(=O)NCCNc3nc4ccccc4s3)CC2=O)c1. The van der Waals surface area contributed by atoms with Crippen LogP contribution in [0.4, 0.5) is 10.8 Å². The van der Waals surface area contributed by atoms with Gasteiger partial charge in [0.2, 0.25) is 11.8 Å². The van der Waals surface area contributed by atoms with Crippen molar-refractivity contribution in [2.75, 3.05) is 44.1 Å². The van der Waals surface area contributed by atoms with Crippen LogP contribution in [0.5, 0.6) is 11.5 Å². The van der Waals surface area contributed by atoms with Gasteiger partial charge < -0.3 is 25.0 Å². The van der Waals surface area contributed by atoms with Gasteiger partial charge in [-0.15, -0.1) is 0 Å². The molecule has 2 amide bonds. The Morgan fingerprint density at radius 2 is 2.03 bits per heavy atom. The standard InChI is InChI=1S/C22H24N4O4S/c1-29-15-7-8-18(30-2)17(12-15)26-13-14(11-20(26)27)21(28)23-9-10-24-22-25-16-5-3-4-6-19(16)31-22/h3-8,12,14H,9-11,13H2,1-2H3,(H,23,28)(H,24,25). The number of carbonyl (C=O) groups is 2. The highest BCUT2D eigenvalue weighted by molar-refractivity contribution is 7.22. The number of thiazole rings is 1. The summed E-state index contributed by atoms with van der Waals surface area (Å²) in [5, 5.41) is 6.97. The first-order valence-electron chi connectivity index (χ1n) is 9.98. The van der Waals surface area contributed by atoms with Gasteiger partial charge >= 0.3 is 0 Å². The van der Waals surface area contributed by atoms with E-state index in [9.17, 15) is 9.59 Å². The van der Waals surface area contributed by atoms with Gasteiger partial charge in [0.1, 0.15) is 11.5 Å². The van der Waals surface area contributed by atoms with Crippen molar-refractivity contribution in [3.05, 3.63) is 42.5 Å². The predicted molar refractivity (Wildman–Crippen MR) is 121 cm³/mol. The molecule has 1 fully saturated rings. The lowest BCUT2D eigenvalue weighted by molar-refractivity contribution is -0.126. The molecule has 2 heterocycles. The van der Waals surface area contributed by atoms with Crippen LogP contribution in [0.15, 0.2) is 42.5 Å². The molecule has 8 nitrogen and oxygen atoms in total. The van der Waals surface area contributed by atoms with Crippen LogP contribution in [0.3, 0.4) is 0 Å². The van der Waals surface area contributed by atoms with Crippen molar-refractivity contribution < 1.29 is 19.1 Å². The summed E-state index contributed by atoms with van der Waals surface area (Å²) >= 11 is 1.58. The van der Waals surface area contributed by atoms with E-state index in [4.69, 9.17) is 9.47 Å². The molecular weight excluding hydrogens is 416 g/mol. The van der Waals surface area contributed by atoms with E-state index in [1.165, 1.54) is 0 Å². The van der Waals surface area contributed by atoms with Crippen molar-refractivity contribution >= 4 is 44.2 Å². The molecule has 162 valence electrons. The first kappa shape index (κ1) is 20.9. The number of amides is 2. The summed E-state index contributed by atoms with van der Waals surface area (Å²) in [5.41, 5.74) is 1.57. The summed E-state index contributed by atoms with van der Waals surface area (Å²) in [6.07, 6.45) is 0.164. The van der Waals surface area contributed by atoms with Gasteiger partial charge in [0.25, 0.3) is 0 Å². The van der Waals surface area contributed by atoms with E-state index in [1.54, 1.807) is 48.7 Å². The monoisotopic (exact) mass is 440 g/mol. The minimum absolute atomic E-state index is 0.112. The van der Waals surface area contributed by atoms with Crippen LogP contribution in [-0.4, -0.2) is 50.7 Å². The lowest BCUT2D eigenvalue weighted by atomic mass is 10.1. The molecule has 0 aliphatic carbocycles. The molecular formula is C22H24N4O4S. The average molecular weight is 441 g/mol. The zero-order chi connectivity index (χ0) is 21.8. The summed E-state index contributed by atoms with van der Waals surface area (Å²) in [6.45, 7) is 1.31. The van der Waals surface area contributed by atoms with E-state index in [-0.39, 0.29) is 18.2 Å². The van der Waals surface area contributed by atoms with Crippen molar-refractivity contribution in [1.82, 2.24) is 10.3 Å². The summed E-state index contributed by atoms with van der Waals surface area (Å²) in [7, 11) is 3.12. The number of hydrogen-bond acceptors (Lipinski definition) is 7. The number of nitrogens with one attached hydrogen (secondary N) is 2. The van der Waals surface area contributed by atoms with Crippen LogP contribution in [0.25, 0.3) is 10.2 Å². The quantitative estimate of drug-likeness (QED) is 0.523. The molecule has 3 aromatic rings. The lowest BCUT2D eigenvalue weighted by Crippen LogP contribution is -2.35. The van der Waals surface area contributed by atoms with E-state index >= 15 is 0 Å². The highest BCUT2D eigenvalue weighted by Gasteiger charge is 2.36. The summed E-state index contributed by atoms with van der Waals surface area (Å²) in [5.74, 6) is 0.529. The maximum Gasteiger partial charge on any atom is 0.227 e. The van der Waals surface area contributed by atoms with E-state index < -0.39 is 5.92 Å². The molecule has 9 heteroatoms. The number of nitrogens with zero attached hydrogens (tertiary/aromatic N) is 2. The normalized spacial score (nSPS) is 15.9. The minimum Gasteiger partial charge on any atom is -0.497 e. The fourth-order valence-corrected chi connectivity index (χ4v) is 4.46. The molecule has 1 atom stereocenters. The Morgan fingerprint density at radius 3 is 2.81 bits per heavy atom. The Morgan fingerprint density at radius 1 is 1.19 bits per heavy atom. The van der Waals surface area contributed by atoms with E-state index in [0.29, 0.717) is 36.8 Å². The number of carbonyl (C=O) groups excluding carboxylic acids is 2. The van der Waals surface area contributed by atoms with Crippen molar-refractivity contribution in [3.8, 4) is 11.5 Å². The second kappa shape index (κ2) is 9.22. The Hall–Kier alpha value is -3.33. The van der Waals surface area contributed by atoms with Crippen molar-refractivity contribution in [2.24, 2.45) is 5.92 Å². The molecule has 0 saturated carbocycles. The Kier molecular flexibility index (Phi) is 6.22. The topological polar surface area (TPSA) is 92.8 Å². The number of methoxy groups -OCH3 is 2. The predicted octanol–water partition coefficient (Wildman–Crippen LogP) is 2.89. The van der Waals surface area contributed by atoms with E-state index in [0.717, 1.165) is 15.3 Å². The first-order valence-corrected chi connectivity index (χ1v) is 10.8. The van der Waals surface area contributed by atoms with Crippen LogP contribution in [0.2, 0.25) is 0 Å². The van der Waals surface area contributed by atoms with Gasteiger partial charge in [0.05, 0.1) is 36.0 Å². The number of para-hydroxylation sites is 1. The third-order valence-corrected chi connectivity index (χ3v) is 6.16. The molecule has 0 spiro atoms. The minimum atomic E-state index is -0.411. The third kappa shape index (κ3) is 4.56. The zero-order valence-electron chi connectivity index (χ0n) is 17.4. The van der Waals surface area contributed by atoms with Gasteiger partial charge in [-0.25, -0.2) is 4.98 Å². The number of anilines is 2. The maximum atomic E-state index is 12.6. The highest BCUT2D eigenvalue weighted by Crippen LogP contribution is 2.36. The van der Waals surface area contributed by atoms with Crippen molar-refractivity contribution in [1.29, 1.82) is 0 Å². The van der Waals surface area contributed by atoms with Gasteiger partial charge in [-0.3, -0.25) is 9.59 Å². The summed E-state index contributed by atoms with van der Waals surface area (Å²) < 4.78 is 11.8. The fourth-order valence-electron chi connectivity index (χ4n) is 3.57. The van der Waals surface area contributed by atoms with Gasteiger partial charge in [-0.05, 0) is 24.3 Å². The van der Waals surface area contributed by atoms with Crippen LogP contribution in [-0.2, 0) is 9.59 Å². The molecule has 0 bridgehead atoms. The third-order valence-electron chi connectivity index (χ3n) is 5.17. The molecule has 1 aliphatic heterocycles.